The first kappa shape index (κ1) is 16.3. The minimum Gasteiger partial charge on any atom is -0.388 e. The lowest BCUT2D eigenvalue weighted by molar-refractivity contribution is 0.00896. The van der Waals surface area contributed by atoms with Crippen molar-refractivity contribution in [1.29, 1.82) is 0 Å². The molecule has 0 aromatic carbocycles. The monoisotopic (exact) mass is 320 g/mol. The largest absolute Gasteiger partial charge is 0.388 e. The van der Waals surface area contributed by atoms with Crippen LogP contribution in [0.3, 0.4) is 0 Å². The summed E-state index contributed by atoms with van der Waals surface area (Å²) in [6.07, 6.45) is 9.92. The molecule has 1 saturated heterocycles. The fourth-order valence-corrected chi connectivity index (χ4v) is 4.06. The van der Waals surface area contributed by atoms with Gasteiger partial charge in [-0.25, -0.2) is 4.79 Å². The molecular weight excluding hydrogens is 292 g/mol. The maximum absolute atomic E-state index is 12.8. The maximum Gasteiger partial charge on any atom is 0.318 e. The molecule has 6 heteroatoms. The van der Waals surface area contributed by atoms with Gasteiger partial charge in [0.25, 0.3) is 0 Å². The van der Waals surface area contributed by atoms with Gasteiger partial charge in [-0.3, -0.25) is 4.68 Å². The molecule has 2 amide bonds. The predicted molar refractivity (Wildman–Crippen MR) is 88.1 cm³/mol. The first-order valence-corrected chi connectivity index (χ1v) is 8.75. The number of nitrogens with one attached hydrogen (secondary N) is 1. The Morgan fingerprint density at radius 2 is 2.04 bits per heavy atom. The number of likely N-dealkylation sites (tertiary alicyclic amines) is 1. The standard InChI is InChI=1S/C17H28N4O2/c1-17(2,23)15-9-5-11-20(15)16(22)19-13-7-3-4-8-14(13)21-12-6-10-18-21/h6,10,12-15,23H,3-5,7-9,11H2,1-2H3,(H,19,22)/t13-,14+,15-/m0/s1. The van der Waals surface area contributed by atoms with E-state index >= 15 is 0 Å². The van der Waals surface area contributed by atoms with Crippen molar-refractivity contribution in [2.24, 2.45) is 0 Å². The van der Waals surface area contributed by atoms with Gasteiger partial charge in [0.15, 0.2) is 0 Å². The van der Waals surface area contributed by atoms with Gasteiger partial charge in [-0.05, 0) is 45.6 Å². The summed E-state index contributed by atoms with van der Waals surface area (Å²) in [5, 5.41) is 17.9. The van der Waals surface area contributed by atoms with E-state index in [0.29, 0.717) is 0 Å². The summed E-state index contributed by atoms with van der Waals surface area (Å²) in [4.78, 5) is 14.6. The van der Waals surface area contributed by atoms with E-state index in [1.807, 2.05) is 21.8 Å². The number of nitrogens with zero attached hydrogens (tertiary/aromatic N) is 3. The smallest absolute Gasteiger partial charge is 0.318 e. The molecule has 0 spiro atoms. The third-order valence-corrected chi connectivity index (χ3v) is 5.23. The minimum atomic E-state index is -0.859. The van der Waals surface area contributed by atoms with Crippen LogP contribution in [0.5, 0.6) is 0 Å². The summed E-state index contributed by atoms with van der Waals surface area (Å²) < 4.78 is 1.97. The second kappa shape index (κ2) is 6.51. The van der Waals surface area contributed by atoms with E-state index in [1.165, 1.54) is 6.42 Å². The highest BCUT2D eigenvalue weighted by atomic mass is 16.3. The van der Waals surface area contributed by atoms with Crippen LogP contribution in [-0.2, 0) is 0 Å². The van der Waals surface area contributed by atoms with Crippen LogP contribution >= 0.6 is 0 Å². The highest BCUT2D eigenvalue weighted by Crippen LogP contribution is 2.30. The molecule has 0 bridgehead atoms. The topological polar surface area (TPSA) is 70.4 Å². The molecule has 2 aliphatic rings. The Morgan fingerprint density at radius 3 is 2.74 bits per heavy atom. The number of rotatable bonds is 3. The van der Waals surface area contributed by atoms with Crippen LogP contribution in [-0.4, -0.2) is 50.0 Å². The molecule has 1 saturated carbocycles. The molecule has 1 aliphatic heterocycles. The van der Waals surface area contributed by atoms with Gasteiger partial charge in [0, 0.05) is 18.9 Å². The summed E-state index contributed by atoms with van der Waals surface area (Å²) in [7, 11) is 0. The molecule has 2 heterocycles. The Hall–Kier alpha value is -1.56. The van der Waals surface area contributed by atoms with Crippen molar-refractivity contribution in [3.05, 3.63) is 18.5 Å². The molecule has 6 nitrogen and oxygen atoms in total. The van der Waals surface area contributed by atoms with Crippen molar-refractivity contribution >= 4 is 6.03 Å². The fourth-order valence-electron chi connectivity index (χ4n) is 4.06. The summed E-state index contributed by atoms with van der Waals surface area (Å²) in [5.41, 5.74) is -0.859. The third kappa shape index (κ3) is 3.52. The quantitative estimate of drug-likeness (QED) is 0.898. The fraction of sp³-hybridized carbons (Fsp3) is 0.765. The average Bonchev–Trinajstić information content (AvgIpc) is 3.19. The average molecular weight is 320 g/mol. The van der Waals surface area contributed by atoms with Crippen molar-refractivity contribution in [3.8, 4) is 0 Å². The molecule has 23 heavy (non-hydrogen) atoms. The molecule has 2 fully saturated rings. The molecule has 1 aromatic heterocycles. The molecular formula is C17H28N4O2. The van der Waals surface area contributed by atoms with Crippen LogP contribution in [0.4, 0.5) is 4.79 Å². The maximum atomic E-state index is 12.8. The molecule has 128 valence electrons. The number of carbonyl (C=O) groups excluding carboxylic acids is 1. The van der Waals surface area contributed by atoms with Gasteiger partial charge in [0.2, 0.25) is 0 Å². The Kier molecular flexibility index (Phi) is 4.62. The number of urea groups is 1. The number of aromatic nitrogens is 2. The Bertz CT molecular complexity index is 523. The van der Waals surface area contributed by atoms with Crippen LogP contribution in [0.2, 0.25) is 0 Å². The van der Waals surface area contributed by atoms with E-state index < -0.39 is 5.60 Å². The zero-order valence-electron chi connectivity index (χ0n) is 14.1. The zero-order valence-corrected chi connectivity index (χ0v) is 14.1. The first-order chi connectivity index (χ1) is 11.0. The van der Waals surface area contributed by atoms with Crippen molar-refractivity contribution in [1.82, 2.24) is 20.0 Å². The van der Waals surface area contributed by atoms with E-state index in [-0.39, 0.29) is 24.2 Å². The highest BCUT2D eigenvalue weighted by molar-refractivity contribution is 5.75. The second-order valence-corrected chi connectivity index (χ2v) is 7.40. The number of hydrogen-bond donors (Lipinski definition) is 2. The van der Waals surface area contributed by atoms with Crippen LogP contribution < -0.4 is 5.32 Å². The lowest BCUT2D eigenvalue weighted by Crippen LogP contribution is -2.54. The normalized spacial score (nSPS) is 28.8. The van der Waals surface area contributed by atoms with Gasteiger partial charge in [0.1, 0.15) is 0 Å². The Morgan fingerprint density at radius 1 is 1.26 bits per heavy atom. The van der Waals surface area contributed by atoms with Crippen molar-refractivity contribution in [2.45, 2.75) is 76.1 Å². The van der Waals surface area contributed by atoms with E-state index in [0.717, 1.165) is 38.6 Å². The molecule has 3 atom stereocenters. The van der Waals surface area contributed by atoms with Crippen molar-refractivity contribution in [2.75, 3.05) is 6.54 Å². The Labute approximate surface area is 137 Å². The highest BCUT2D eigenvalue weighted by Gasteiger charge is 2.39. The zero-order chi connectivity index (χ0) is 16.4. The van der Waals surface area contributed by atoms with Gasteiger partial charge >= 0.3 is 6.03 Å². The number of carbonyl (C=O) groups is 1. The van der Waals surface area contributed by atoms with Gasteiger partial charge in [-0.1, -0.05) is 12.8 Å². The van der Waals surface area contributed by atoms with Crippen molar-refractivity contribution < 1.29 is 9.90 Å². The molecule has 1 aromatic rings. The van der Waals surface area contributed by atoms with Crippen LogP contribution in [0, 0.1) is 0 Å². The van der Waals surface area contributed by atoms with Crippen LogP contribution in [0.15, 0.2) is 18.5 Å². The van der Waals surface area contributed by atoms with Gasteiger partial charge in [0.05, 0.1) is 23.7 Å². The van der Waals surface area contributed by atoms with Crippen LogP contribution in [0.25, 0.3) is 0 Å². The molecule has 3 rings (SSSR count). The molecule has 2 N–H and O–H groups in total. The lowest BCUT2D eigenvalue weighted by Gasteiger charge is -2.37. The summed E-state index contributed by atoms with van der Waals surface area (Å²) in [6, 6.07) is 2.12. The van der Waals surface area contributed by atoms with E-state index in [4.69, 9.17) is 0 Å². The predicted octanol–water partition coefficient (Wildman–Crippen LogP) is 2.31. The lowest BCUT2D eigenvalue weighted by atomic mass is 9.90. The van der Waals surface area contributed by atoms with Gasteiger partial charge in [-0.15, -0.1) is 0 Å². The summed E-state index contributed by atoms with van der Waals surface area (Å²) in [5.74, 6) is 0. The molecule has 0 unspecified atom stereocenters. The minimum absolute atomic E-state index is 0.0429. The van der Waals surface area contributed by atoms with Gasteiger partial charge < -0.3 is 15.3 Å². The van der Waals surface area contributed by atoms with Gasteiger partial charge in [-0.2, -0.15) is 5.10 Å². The summed E-state index contributed by atoms with van der Waals surface area (Å²) >= 11 is 0. The SMILES string of the molecule is CC(C)(O)[C@@H]1CCCN1C(=O)N[C@H]1CCCC[C@H]1n1cccn1. The van der Waals surface area contributed by atoms with E-state index in [9.17, 15) is 9.90 Å². The second-order valence-electron chi connectivity index (χ2n) is 7.40. The first-order valence-electron chi connectivity index (χ1n) is 8.75. The third-order valence-electron chi connectivity index (χ3n) is 5.23. The Balaban J connectivity index is 1.68. The van der Waals surface area contributed by atoms with Crippen LogP contribution in [0.1, 0.15) is 58.4 Å². The van der Waals surface area contributed by atoms with E-state index in [1.54, 1.807) is 20.0 Å². The van der Waals surface area contributed by atoms with E-state index in [2.05, 4.69) is 10.4 Å². The number of aliphatic hydroxyl groups is 1. The number of hydrogen-bond acceptors (Lipinski definition) is 3. The van der Waals surface area contributed by atoms with Crippen molar-refractivity contribution in [3.63, 3.8) is 0 Å². The summed E-state index contributed by atoms with van der Waals surface area (Å²) in [6.45, 7) is 4.30. The number of amides is 2. The molecule has 1 aliphatic carbocycles. The molecule has 0 radical (unpaired) electrons.